The van der Waals surface area contributed by atoms with E-state index in [1.807, 2.05) is 0 Å². The lowest BCUT2D eigenvalue weighted by Gasteiger charge is -2.31. The lowest BCUT2D eigenvalue weighted by molar-refractivity contribution is 0.0545. The van der Waals surface area contributed by atoms with E-state index in [0.29, 0.717) is 12.0 Å². The molecule has 1 saturated heterocycles. The Hall–Kier alpha value is -0.130. The topological polar surface area (TPSA) is 21.3 Å². The van der Waals surface area contributed by atoms with Crippen LogP contribution < -0.4 is 5.32 Å². The van der Waals surface area contributed by atoms with E-state index in [-0.39, 0.29) is 0 Å². The third kappa shape index (κ3) is 3.01. The van der Waals surface area contributed by atoms with Crippen molar-refractivity contribution in [2.75, 3.05) is 20.3 Å². The van der Waals surface area contributed by atoms with Gasteiger partial charge >= 0.3 is 0 Å². The van der Waals surface area contributed by atoms with Crippen LogP contribution in [0.15, 0.2) is 18.2 Å². The third-order valence-electron chi connectivity index (χ3n) is 3.61. The van der Waals surface area contributed by atoms with Crippen LogP contribution in [0.4, 0.5) is 0 Å². The molecule has 1 atom stereocenters. The number of nitrogens with one attached hydrogen (secondary N) is 1. The van der Waals surface area contributed by atoms with Crippen LogP contribution in [0.3, 0.4) is 0 Å². The molecular formula is C14H20INO. The molecule has 2 rings (SSSR count). The maximum absolute atomic E-state index is 5.45. The molecule has 1 aliphatic heterocycles. The van der Waals surface area contributed by atoms with E-state index in [9.17, 15) is 0 Å². The molecule has 3 heteroatoms. The van der Waals surface area contributed by atoms with Crippen LogP contribution in [0.1, 0.15) is 30.0 Å². The number of ether oxygens (including phenoxy) is 1. The third-order valence-corrected chi connectivity index (χ3v) is 5.08. The summed E-state index contributed by atoms with van der Waals surface area (Å²) in [6.07, 6.45) is 2.32. The largest absolute Gasteiger partial charge is 0.381 e. The molecule has 0 amide bonds. The van der Waals surface area contributed by atoms with Gasteiger partial charge in [0.2, 0.25) is 0 Å². The van der Waals surface area contributed by atoms with Crippen molar-refractivity contribution in [1.29, 1.82) is 0 Å². The van der Waals surface area contributed by atoms with Crippen LogP contribution in [0.5, 0.6) is 0 Å². The summed E-state index contributed by atoms with van der Waals surface area (Å²) < 4.78 is 6.85. The number of hydrogen-bond donors (Lipinski definition) is 1. The Morgan fingerprint density at radius 1 is 1.35 bits per heavy atom. The lowest BCUT2D eigenvalue weighted by Crippen LogP contribution is -2.30. The quantitative estimate of drug-likeness (QED) is 0.849. The molecule has 1 heterocycles. The van der Waals surface area contributed by atoms with Crippen molar-refractivity contribution in [1.82, 2.24) is 5.32 Å². The van der Waals surface area contributed by atoms with Gasteiger partial charge in [0, 0.05) is 22.8 Å². The van der Waals surface area contributed by atoms with Crippen molar-refractivity contribution < 1.29 is 4.74 Å². The molecule has 1 fully saturated rings. The van der Waals surface area contributed by atoms with E-state index in [0.717, 1.165) is 26.1 Å². The molecule has 0 aliphatic carbocycles. The Morgan fingerprint density at radius 3 is 2.71 bits per heavy atom. The summed E-state index contributed by atoms with van der Waals surface area (Å²) in [6.45, 7) is 4.00. The summed E-state index contributed by atoms with van der Waals surface area (Å²) in [7, 11) is 2.07. The summed E-state index contributed by atoms with van der Waals surface area (Å²) in [4.78, 5) is 0. The number of rotatable bonds is 3. The molecule has 2 nitrogen and oxygen atoms in total. The molecule has 1 aromatic carbocycles. The normalized spacial score (nSPS) is 19.2. The predicted octanol–water partition coefficient (Wildman–Crippen LogP) is 3.29. The molecule has 0 spiro atoms. The second kappa shape index (κ2) is 6.16. The average molecular weight is 345 g/mol. The molecule has 17 heavy (non-hydrogen) atoms. The Balaban J connectivity index is 2.24. The zero-order chi connectivity index (χ0) is 12.3. The number of halogens is 1. The zero-order valence-electron chi connectivity index (χ0n) is 10.5. The molecule has 0 aromatic heterocycles. The molecule has 1 aromatic rings. The average Bonchev–Trinajstić information content (AvgIpc) is 2.37. The molecule has 94 valence electrons. The minimum Gasteiger partial charge on any atom is -0.381 e. The van der Waals surface area contributed by atoms with Crippen molar-refractivity contribution in [3.05, 3.63) is 32.9 Å². The van der Waals surface area contributed by atoms with Crippen molar-refractivity contribution in [2.45, 2.75) is 25.8 Å². The smallest absolute Gasteiger partial charge is 0.0469 e. The standard InChI is InChI=1S/C14H20INO/c1-10-4-3-5-12(13(10)15)14(16-2)11-6-8-17-9-7-11/h3-5,11,14,16H,6-9H2,1-2H3. The number of benzene rings is 1. The summed E-state index contributed by atoms with van der Waals surface area (Å²) in [6, 6.07) is 7.06. The van der Waals surface area contributed by atoms with Crippen molar-refractivity contribution in [3.8, 4) is 0 Å². The molecular weight excluding hydrogens is 325 g/mol. The number of aryl methyl sites for hydroxylation is 1. The second-order valence-corrected chi connectivity index (χ2v) is 5.77. The summed E-state index contributed by atoms with van der Waals surface area (Å²) in [5.74, 6) is 0.698. The summed E-state index contributed by atoms with van der Waals surface area (Å²) in [5.41, 5.74) is 2.82. The molecule has 1 aliphatic rings. The molecule has 1 unspecified atom stereocenters. The van der Waals surface area contributed by atoms with Gasteiger partial charge in [0.25, 0.3) is 0 Å². The van der Waals surface area contributed by atoms with Gasteiger partial charge in [-0.2, -0.15) is 0 Å². The minimum absolute atomic E-state index is 0.464. The maximum Gasteiger partial charge on any atom is 0.0469 e. The highest BCUT2D eigenvalue weighted by Gasteiger charge is 2.25. The van der Waals surface area contributed by atoms with Gasteiger partial charge in [-0.15, -0.1) is 0 Å². The number of hydrogen-bond acceptors (Lipinski definition) is 2. The van der Waals surface area contributed by atoms with Crippen LogP contribution in [0, 0.1) is 16.4 Å². The van der Waals surface area contributed by atoms with E-state index in [1.54, 1.807) is 0 Å². The highest BCUT2D eigenvalue weighted by atomic mass is 127. The van der Waals surface area contributed by atoms with E-state index >= 15 is 0 Å². The van der Waals surface area contributed by atoms with Gasteiger partial charge in [-0.3, -0.25) is 0 Å². The fraction of sp³-hybridized carbons (Fsp3) is 0.571. The van der Waals surface area contributed by atoms with Crippen LogP contribution in [-0.4, -0.2) is 20.3 Å². The van der Waals surface area contributed by atoms with Gasteiger partial charge in [-0.25, -0.2) is 0 Å². The van der Waals surface area contributed by atoms with E-state index in [4.69, 9.17) is 4.74 Å². The Morgan fingerprint density at radius 2 is 2.06 bits per heavy atom. The monoisotopic (exact) mass is 345 g/mol. The van der Waals surface area contributed by atoms with Crippen molar-refractivity contribution in [3.63, 3.8) is 0 Å². The lowest BCUT2D eigenvalue weighted by atomic mass is 9.87. The fourth-order valence-electron chi connectivity index (χ4n) is 2.60. The highest BCUT2D eigenvalue weighted by Crippen LogP contribution is 2.33. The first kappa shape index (κ1) is 13.3. The molecule has 0 bridgehead atoms. The highest BCUT2D eigenvalue weighted by molar-refractivity contribution is 14.1. The van der Waals surface area contributed by atoms with E-state index in [1.165, 1.54) is 14.7 Å². The fourth-order valence-corrected chi connectivity index (χ4v) is 3.30. The molecule has 1 N–H and O–H groups in total. The van der Waals surface area contributed by atoms with Crippen molar-refractivity contribution >= 4 is 22.6 Å². The Labute approximate surface area is 117 Å². The van der Waals surface area contributed by atoms with Gasteiger partial charge < -0.3 is 10.1 Å². The van der Waals surface area contributed by atoms with E-state index < -0.39 is 0 Å². The molecule has 0 radical (unpaired) electrons. The van der Waals surface area contributed by atoms with Crippen LogP contribution in [-0.2, 0) is 4.74 Å². The van der Waals surface area contributed by atoms with Gasteiger partial charge in [0.15, 0.2) is 0 Å². The van der Waals surface area contributed by atoms with Crippen LogP contribution in [0.2, 0.25) is 0 Å². The Bertz CT molecular complexity index is 374. The van der Waals surface area contributed by atoms with Gasteiger partial charge in [0.05, 0.1) is 0 Å². The second-order valence-electron chi connectivity index (χ2n) is 4.69. The van der Waals surface area contributed by atoms with Gasteiger partial charge in [-0.1, -0.05) is 18.2 Å². The first-order valence-electron chi connectivity index (χ1n) is 6.24. The minimum atomic E-state index is 0.464. The van der Waals surface area contributed by atoms with E-state index in [2.05, 4.69) is 60.1 Å². The summed E-state index contributed by atoms with van der Waals surface area (Å²) >= 11 is 2.47. The summed E-state index contributed by atoms with van der Waals surface area (Å²) in [5, 5.41) is 3.50. The molecule has 0 saturated carbocycles. The zero-order valence-corrected chi connectivity index (χ0v) is 12.7. The van der Waals surface area contributed by atoms with Crippen molar-refractivity contribution in [2.24, 2.45) is 5.92 Å². The predicted molar refractivity (Wildman–Crippen MR) is 79.2 cm³/mol. The van der Waals surface area contributed by atoms with Gasteiger partial charge in [0.1, 0.15) is 0 Å². The maximum atomic E-state index is 5.45. The first-order chi connectivity index (χ1) is 8.24. The Kier molecular flexibility index (Phi) is 4.82. The SMILES string of the molecule is CNC(c1cccc(C)c1I)C1CCOCC1. The van der Waals surface area contributed by atoms with Crippen LogP contribution >= 0.6 is 22.6 Å². The first-order valence-corrected chi connectivity index (χ1v) is 7.32. The van der Waals surface area contributed by atoms with Gasteiger partial charge in [-0.05, 0) is 66.4 Å². The van der Waals surface area contributed by atoms with Crippen LogP contribution in [0.25, 0.3) is 0 Å².